The maximum atomic E-state index is 8.69. The summed E-state index contributed by atoms with van der Waals surface area (Å²) in [6, 6.07) is 0. The third kappa shape index (κ3) is 19.7. The van der Waals surface area contributed by atoms with Crippen LogP contribution in [0.2, 0.25) is 0 Å². The van der Waals surface area contributed by atoms with Crippen LogP contribution >= 0.6 is 0 Å². The zero-order valence-corrected chi connectivity index (χ0v) is 14.6. The van der Waals surface area contributed by atoms with Crippen molar-refractivity contribution < 1.29 is 5.11 Å². The van der Waals surface area contributed by atoms with Gasteiger partial charge in [0.15, 0.2) is 0 Å². The summed E-state index contributed by atoms with van der Waals surface area (Å²) >= 11 is 0. The molecule has 21 heavy (non-hydrogen) atoms. The molecule has 0 radical (unpaired) electrons. The summed E-state index contributed by atoms with van der Waals surface area (Å²) < 4.78 is 0. The van der Waals surface area contributed by atoms with Gasteiger partial charge in [0.2, 0.25) is 0 Å². The van der Waals surface area contributed by atoms with Gasteiger partial charge in [0, 0.05) is 6.61 Å². The van der Waals surface area contributed by atoms with Crippen molar-refractivity contribution >= 4 is 0 Å². The summed E-state index contributed by atoms with van der Waals surface area (Å²) in [4.78, 5) is 0. The van der Waals surface area contributed by atoms with Crippen molar-refractivity contribution in [1.29, 1.82) is 0 Å². The number of hydrogen-bond donors (Lipinski definition) is 1. The molecule has 1 nitrogen and oxygen atoms in total. The van der Waals surface area contributed by atoms with Crippen LogP contribution < -0.4 is 0 Å². The number of rotatable bonds is 17. The predicted octanol–water partition coefficient (Wildman–Crippen LogP) is 6.80. The Morgan fingerprint density at radius 3 is 1.33 bits per heavy atom. The lowest BCUT2D eigenvalue weighted by Gasteiger charge is -2.02. The first-order chi connectivity index (χ1) is 10.4. The van der Waals surface area contributed by atoms with Crippen molar-refractivity contribution in [3.8, 4) is 0 Å². The molecule has 1 N–H and O–H groups in total. The van der Waals surface area contributed by atoms with Gasteiger partial charge >= 0.3 is 0 Å². The lowest BCUT2D eigenvalue weighted by molar-refractivity contribution is 0.282. The van der Waals surface area contributed by atoms with Crippen LogP contribution in [0, 0.1) is 0 Å². The van der Waals surface area contributed by atoms with Crippen molar-refractivity contribution in [2.45, 2.75) is 110 Å². The van der Waals surface area contributed by atoms with Crippen LogP contribution in [-0.2, 0) is 0 Å². The molecule has 126 valence electrons. The Hall–Kier alpha value is -0.300. The predicted molar refractivity (Wildman–Crippen MR) is 95.8 cm³/mol. The maximum absolute atomic E-state index is 8.69. The second-order valence-corrected chi connectivity index (χ2v) is 6.37. The first-order valence-corrected chi connectivity index (χ1v) is 9.67. The minimum Gasteiger partial charge on any atom is -0.396 e. The zero-order chi connectivity index (χ0) is 15.4. The third-order valence-electron chi connectivity index (χ3n) is 4.17. The van der Waals surface area contributed by atoms with E-state index < -0.39 is 0 Å². The molecule has 0 saturated heterocycles. The molecule has 0 atom stereocenters. The molecule has 0 fully saturated rings. The van der Waals surface area contributed by atoms with Crippen molar-refractivity contribution in [2.75, 3.05) is 6.61 Å². The Kier molecular flexibility index (Phi) is 19.4. The second kappa shape index (κ2) is 19.7. The summed E-state index contributed by atoms with van der Waals surface area (Å²) in [5.74, 6) is 0. The average Bonchev–Trinajstić information content (AvgIpc) is 2.50. The van der Waals surface area contributed by atoms with E-state index in [-0.39, 0.29) is 0 Å². The van der Waals surface area contributed by atoms with E-state index in [0.717, 1.165) is 6.42 Å². The number of hydrogen-bond acceptors (Lipinski definition) is 1. The second-order valence-electron chi connectivity index (χ2n) is 6.37. The highest BCUT2D eigenvalue weighted by Gasteiger charge is 1.93. The van der Waals surface area contributed by atoms with Crippen molar-refractivity contribution in [1.82, 2.24) is 0 Å². The molecule has 0 aliphatic rings. The van der Waals surface area contributed by atoms with E-state index in [4.69, 9.17) is 5.11 Å². The molecule has 0 rings (SSSR count). The molecule has 0 aromatic rings. The molecule has 0 aromatic heterocycles. The van der Waals surface area contributed by atoms with Crippen molar-refractivity contribution in [2.24, 2.45) is 0 Å². The van der Waals surface area contributed by atoms with Crippen LogP contribution in [0.1, 0.15) is 110 Å². The maximum Gasteiger partial charge on any atom is 0.0431 e. The summed E-state index contributed by atoms with van der Waals surface area (Å²) in [5.41, 5.74) is 0. The highest BCUT2D eigenvalue weighted by molar-refractivity contribution is 4.81. The largest absolute Gasteiger partial charge is 0.396 e. The molecule has 0 bridgehead atoms. The molecular formula is C20H40O. The first-order valence-electron chi connectivity index (χ1n) is 9.67. The van der Waals surface area contributed by atoms with Gasteiger partial charge in [-0.15, -0.1) is 0 Å². The van der Waals surface area contributed by atoms with E-state index in [1.807, 2.05) is 0 Å². The molecule has 0 aliphatic heterocycles. The minimum atomic E-state index is 0.370. The number of unbranched alkanes of at least 4 members (excludes halogenated alkanes) is 14. The fourth-order valence-corrected chi connectivity index (χ4v) is 2.70. The fraction of sp³-hybridized carbons (Fsp3) is 0.900. The van der Waals surface area contributed by atoms with Gasteiger partial charge < -0.3 is 5.11 Å². The number of aliphatic hydroxyl groups is 1. The van der Waals surface area contributed by atoms with Crippen LogP contribution in [-0.4, -0.2) is 11.7 Å². The zero-order valence-electron chi connectivity index (χ0n) is 14.6. The quantitative estimate of drug-likeness (QED) is 0.231. The summed E-state index contributed by atoms with van der Waals surface area (Å²) in [7, 11) is 0. The van der Waals surface area contributed by atoms with E-state index >= 15 is 0 Å². The van der Waals surface area contributed by atoms with Gasteiger partial charge in [-0.3, -0.25) is 0 Å². The minimum absolute atomic E-state index is 0.370. The van der Waals surface area contributed by atoms with Crippen LogP contribution in [0.25, 0.3) is 0 Å². The summed E-state index contributed by atoms with van der Waals surface area (Å²) in [5, 5.41) is 8.69. The molecule has 1 heteroatoms. The van der Waals surface area contributed by atoms with E-state index in [0.29, 0.717) is 6.61 Å². The molecule has 0 amide bonds. The standard InChI is InChI=1S/C20H40O/c1-2-3-4-5-6-7-8-9-10-11-12-13-14-15-16-17-18-19-20-21/h5-6,21H,2-4,7-20H2,1H3/b6-5+. The lowest BCUT2D eigenvalue weighted by atomic mass is 10.0. The summed E-state index contributed by atoms with van der Waals surface area (Å²) in [6.45, 7) is 2.62. The molecule has 0 spiro atoms. The van der Waals surface area contributed by atoms with E-state index in [1.165, 1.54) is 96.3 Å². The van der Waals surface area contributed by atoms with Gasteiger partial charge in [0.25, 0.3) is 0 Å². The first kappa shape index (κ1) is 20.7. The normalized spacial score (nSPS) is 11.5. The fourth-order valence-electron chi connectivity index (χ4n) is 2.70. The Labute approximate surface area is 134 Å². The molecule has 0 aromatic carbocycles. The van der Waals surface area contributed by atoms with Gasteiger partial charge in [-0.1, -0.05) is 96.1 Å². The SMILES string of the molecule is CCCC/C=C/CCCCCCCCCCCCCCO. The van der Waals surface area contributed by atoms with Gasteiger partial charge in [-0.05, 0) is 25.7 Å². The number of allylic oxidation sites excluding steroid dienone is 2. The third-order valence-corrected chi connectivity index (χ3v) is 4.17. The average molecular weight is 297 g/mol. The topological polar surface area (TPSA) is 20.2 Å². The molecule has 0 heterocycles. The smallest absolute Gasteiger partial charge is 0.0431 e. The Morgan fingerprint density at radius 1 is 0.524 bits per heavy atom. The summed E-state index contributed by atoms with van der Waals surface area (Å²) in [6.07, 6.45) is 26.2. The van der Waals surface area contributed by atoms with E-state index in [9.17, 15) is 0 Å². The Bertz CT molecular complexity index is 198. The molecular weight excluding hydrogens is 256 g/mol. The molecule has 0 saturated carbocycles. The van der Waals surface area contributed by atoms with Crippen LogP contribution in [0.15, 0.2) is 12.2 Å². The number of aliphatic hydroxyl groups excluding tert-OH is 1. The van der Waals surface area contributed by atoms with Crippen LogP contribution in [0.5, 0.6) is 0 Å². The van der Waals surface area contributed by atoms with Gasteiger partial charge in [0.05, 0.1) is 0 Å². The highest BCUT2D eigenvalue weighted by atomic mass is 16.2. The highest BCUT2D eigenvalue weighted by Crippen LogP contribution is 2.12. The Morgan fingerprint density at radius 2 is 0.905 bits per heavy atom. The van der Waals surface area contributed by atoms with Gasteiger partial charge in [-0.25, -0.2) is 0 Å². The Balaban J connectivity index is 2.98. The molecule has 0 unspecified atom stereocenters. The van der Waals surface area contributed by atoms with Crippen LogP contribution in [0.3, 0.4) is 0 Å². The molecule has 0 aliphatic carbocycles. The van der Waals surface area contributed by atoms with Gasteiger partial charge in [-0.2, -0.15) is 0 Å². The van der Waals surface area contributed by atoms with Gasteiger partial charge in [0.1, 0.15) is 0 Å². The van der Waals surface area contributed by atoms with Crippen molar-refractivity contribution in [3.05, 3.63) is 12.2 Å². The van der Waals surface area contributed by atoms with Crippen molar-refractivity contribution in [3.63, 3.8) is 0 Å². The lowest BCUT2D eigenvalue weighted by Crippen LogP contribution is -1.84. The van der Waals surface area contributed by atoms with E-state index in [1.54, 1.807) is 0 Å². The van der Waals surface area contributed by atoms with Crippen LogP contribution in [0.4, 0.5) is 0 Å². The monoisotopic (exact) mass is 296 g/mol. The van der Waals surface area contributed by atoms with E-state index in [2.05, 4.69) is 19.1 Å².